The first kappa shape index (κ1) is 14.2. The van der Waals surface area contributed by atoms with E-state index in [2.05, 4.69) is 19.9 Å². The minimum Gasteiger partial charge on any atom is -0.466 e. The van der Waals surface area contributed by atoms with Crippen molar-refractivity contribution in [1.82, 2.24) is 0 Å². The van der Waals surface area contributed by atoms with Gasteiger partial charge >= 0.3 is 5.97 Å². The van der Waals surface area contributed by atoms with Crippen molar-refractivity contribution in [2.24, 2.45) is 17.8 Å². The minimum atomic E-state index is -0.0585. The topological polar surface area (TPSA) is 26.3 Å². The molecule has 0 amide bonds. The zero-order chi connectivity index (χ0) is 11.8. The maximum absolute atomic E-state index is 11.7. The molecule has 88 valence electrons. The highest BCUT2D eigenvalue weighted by Crippen LogP contribution is 2.26. The Bertz CT molecular complexity index is 207. The highest BCUT2D eigenvalue weighted by Gasteiger charge is 2.27. The van der Waals surface area contributed by atoms with Gasteiger partial charge in [-0.2, -0.15) is 0 Å². The summed E-state index contributed by atoms with van der Waals surface area (Å²) in [6.07, 6.45) is 4.98. The van der Waals surface area contributed by atoms with Crippen LogP contribution in [0.25, 0.3) is 0 Å². The van der Waals surface area contributed by atoms with Crippen LogP contribution in [0.2, 0.25) is 0 Å². The van der Waals surface area contributed by atoms with Crippen molar-refractivity contribution < 1.29 is 9.53 Å². The van der Waals surface area contributed by atoms with Crippen molar-refractivity contribution in [1.29, 1.82) is 0 Å². The normalized spacial score (nSPS) is 15.6. The van der Waals surface area contributed by atoms with E-state index in [1.807, 2.05) is 26.8 Å². The van der Waals surface area contributed by atoms with Crippen molar-refractivity contribution in [3.8, 4) is 0 Å². The van der Waals surface area contributed by atoms with Gasteiger partial charge in [-0.25, -0.2) is 0 Å². The third kappa shape index (κ3) is 4.50. The van der Waals surface area contributed by atoms with Crippen molar-refractivity contribution in [2.45, 2.75) is 41.0 Å². The molecule has 0 aliphatic rings. The van der Waals surface area contributed by atoms with E-state index < -0.39 is 0 Å². The SMILES string of the molecule is C/C=C/[C@H](C(C)C)[C@@H](CC)C(=O)OCC. The lowest BCUT2D eigenvalue weighted by molar-refractivity contribution is -0.150. The van der Waals surface area contributed by atoms with E-state index in [4.69, 9.17) is 4.74 Å². The van der Waals surface area contributed by atoms with Gasteiger partial charge in [0.2, 0.25) is 0 Å². The van der Waals surface area contributed by atoms with Crippen LogP contribution in [-0.4, -0.2) is 12.6 Å². The quantitative estimate of drug-likeness (QED) is 0.498. The summed E-state index contributed by atoms with van der Waals surface area (Å²) in [5.74, 6) is 0.701. The van der Waals surface area contributed by atoms with Gasteiger partial charge in [0.05, 0.1) is 12.5 Å². The van der Waals surface area contributed by atoms with Crippen molar-refractivity contribution in [3.63, 3.8) is 0 Å². The van der Waals surface area contributed by atoms with Crippen LogP contribution in [0, 0.1) is 17.8 Å². The van der Waals surface area contributed by atoms with Crippen molar-refractivity contribution in [2.75, 3.05) is 6.61 Å². The van der Waals surface area contributed by atoms with Gasteiger partial charge in [-0.1, -0.05) is 32.9 Å². The lowest BCUT2D eigenvalue weighted by atomic mass is 9.81. The van der Waals surface area contributed by atoms with Crippen LogP contribution in [0.15, 0.2) is 12.2 Å². The molecule has 15 heavy (non-hydrogen) atoms. The summed E-state index contributed by atoms with van der Waals surface area (Å²) >= 11 is 0. The molecule has 2 heteroatoms. The maximum atomic E-state index is 11.7. The summed E-state index contributed by atoms with van der Waals surface area (Å²) in [5.41, 5.74) is 0. The molecule has 0 saturated carbocycles. The van der Waals surface area contributed by atoms with Gasteiger partial charge in [0.15, 0.2) is 0 Å². The number of carbonyl (C=O) groups excluding carboxylic acids is 1. The lowest BCUT2D eigenvalue weighted by Gasteiger charge is -2.25. The highest BCUT2D eigenvalue weighted by atomic mass is 16.5. The Kier molecular flexibility index (Phi) is 7.10. The molecule has 2 atom stereocenters. The van der Waals surface area contributed by atoms with Gasteiger partial charge in [-0.15, -0.1) is 0 Å². The molecule has 2 nitrogen and oxygen atoms in total. The lowest BCUT2D eigenvalue weighted by Crippen LogP contribution is -2.27. The second kappa shape index (κ2) is 7.49. The molecule has 0 rings (SSSR count). The molecule has 0 fully saturated rings. The molecule has 0 saturated heterocycles. The molecule has 0 bridgehead atoms. The number of ether oxygens (including phenoxy) is 1. The smallest absolute Gasteiger partial charge is 0.309 e. The second-order valence-electron chi connectivity index (χ2n) is 4.11. The van der Waals surface area contributed by atoms with Crippen LogP contribution in [0.1, 0.15) is 41.0 Å². The molecule has 0 aromatic heterocycles. The summed E-state index contributed by atoms with van der Waals surface area (Å²) in [7, 11) is 0. The van der Waals surface area contributed by atoms with E-state index in [9.17, 15) is 4.79 Å². The Labute approximate surface area is 93.7 Å². The number of esters is 1. The van der Waals surface area contributed by atoms with Crippen LogP contribution in [-0.2, 0) is 9.53 Å². The van der Waals surface area contributed by atoms with E-state index in [1.54, 1.807) is 0 Å². The Morgan fingerprint density at radius 3 is 2.27 bits per heavy atom. The fraction of sp³-hybridized carbons (Fsp3) is 0.769. The molecule has 0 radical (unpaired) electrons. The Morgan fingerprint density at radius 1 is 1.33 bits per heavy atom. The van der Waals surface area contributed by atoms with Crippen molar-refractivity contribution in [3.05, 3.63) is 12.2 Å². The standard InChI is InChI=1S/C13H24O2/c1-6-9-12(10(4)5)11(7-2)13(14)15-8-3/h6,9-12H,7-8H2,1-5H3/b9-6+/t11-,12-/m1/s1. The van der Waals surface area contributed by atoms with Crippen LogP contribution < -0.4 is 0 Å². The molecule has 0 aliphatic heterocycles. The summed E-state index contributed by atoms with van der Waals surface area (Å²) in [6.45, 7) is 10.6. The van der Waals surface area contributed by atoms with Crippen LogP contribution in [0.5, 0.6) is 0 Å². The molecule has 0 aromatic rings. The average molecular weight is 212 g/mol. The van der Waals surface area contributed by atoms with E-state index in [0.717, 1.165) is 6.42 Å². The van der Waals surface area contributed by atoms with Crippen LogP contribution in [0.3, 0.4) is 0 Å². The first-order chi connectivity index (χ1) is 7.08. The minimum absolute atomic E-state index is 0.00106. The summed E-state index contributed by atoms with van der Waals surface area (Å²) in [6, 6.07) is 0. The molecule has 0 aromatic carbocycles. The number of allylic oxidation sites excluding steroid dienone is 2. The van der Waals surface area contributed by atoms with E-state index in [1.165, 1.54) is 0 Å². The monoisotopic (exact) mass is 212 g/mol. The van der Waals surface area contributed by atoms with E-state index >= 15 is 0 Å². The molecular formula is C13H24O2. The first-order valence-corrected chi connectivity index (χ1v) is 5.87. The predicted molar refractivity (Wildman–Crippen MR) is 63.6 cm³/mol. The zero-order valence-electron chi connectivity index (χ0n) is 10.6. The van der Waals surface area contributed by atoms with Crippen LogP contribution >= 0.6 is 0 Å². The summed E-state index contributed by atoms with van der Waals surface area (Å²) < 4.78 is 5.10. The number of hydrogen-bond acceptors (Lipinski definition) is 2. The summed E-state index contributed by atoms with van der Waals surface area (Å²) in [4.78, 5) is 11.7. The molecule has 0 spiro atoms. The fourth-order valence-corrected chi connectivity index (χ4v) is 1.89. The molecule has 0 aliphatic carbocycles. The van der Waals surface area contributed by atoms with Crippen molar-refractivity contribution >= 4 is 5.97 Å². The number of hydrogen-bond donors (Lipinski definition) is 0. The average Bonchev–Trinajstić information content (AvgIpc) is 2.18. The highest BCUT2D eigenvalue weighted by molar-refractivity contribution is 5.73. The maximum Gasteiger partial charge on any atom is 0.309 e. The van der Waals surface area contributed by atoms with Gasteiger partial charge in [0.1, 0.15) is 0 Å². The van der Waals surface area contributed by atoms with Gasteiger partial charge in [-0.05, 0) is 32.1 Å². The molecule has 0 unspecified atom stereocenters. The van der Waals surface area contributed by atoms with Gasteiger partial charge in [-0.3, -0.25) is 4.79 Å². The van der Waals surface area contributed by atoms with E-state index in [-0.39, 0.29) is 11.9 Å². The largest absolute Gasteiger partial charge is 0.466 e. The second-order valence-corrected chi connectivity index (χ2v) is 4.11. The third-order valence-electron chi connectivity index (χ3n) is 2.68. The molecule has 0 heterocycles. The van der Waals surface area contributed by atoms with Crippen LogP contribution in [0.4, 0.5) is 0 Å². The number of rotatable bonds is 6. The Morgan fingerprint density at radius 2 is 1.93 bits per heavy atom. The molecule has 0 N–H and O–H groups in total. The predicted octanol–water partition coefficient (Wildman–Crippen LogP) is 3.42. The van der Waals surface area contributed by atoms with Gasteiger partial charge in [0.25, 0.3) is 0 Å². The fourth-order valence-electron chi connectivity index (χ4n) is 1.89. The Balaban J connectivity index is 4.65. The first-order valence-electron chi connectivity index (χ1n) is 5.87. The third-order valence-corrected chi connectivity index (χ3v) is 2.68. The summed E-state index contributed by atoms with van der Waals surface area (Å²) in [5, 5.41) is 0. The van der Waals surface area contributed by atoms with Gasteiger partial charge < -0.3 is 4.74 Å². The van der Waals surface area contributed by atoms with Gasteiger partial charge in [0, 0.05) is 0 Å². The zero-order valence-corrected chi connectivity index (χ0v) is 10.6. The number of carbonyl (C=O) groups is 1. The Hall–Kier alpha value is -0.790. The van der Waals surface area contributed by atoms with E-state index in [0.29, 0.717) is 18.4 Å². The molecular weight excluding hydrogens is 188 g/mol.